The van der Waals surface area contributed by atoms with Crippen LogP contribution in [0, 0.1) is 0 Å². The molecule has 1 aromatic heterocycles. The highest BCUT2D eigenvalue weighted by Gasteiger charge is 2.25. The molecular formula is C18H18N2O3S. The van der Waals surface area contributed by atoms with Crippen molar-refractivity contribution in [3.8, 4) is 0 Å². The maximum Gasteiger partial charge on any atom is 0.242 e. The molecule has 1 heterocycles. The molecule has 0 aliphatic heterocycles. The number of pyridine rings is 1. The Labute approximate surface area is 141 Å². The molecule has 124 valence electrons. The Balaban J connectivity index is 2.11. The van der Waals surface area contributed by atoms with E-state index in [1.54, 1.807) is 24.4 Å². The maximum absolute atomic E-state index is 12.5. The predicted octanol–water partition coefficient (Wildman–Crippen LogP) is 2.57. The van der Waals surface area contributed by atoms with Crippen molar-refractivity contribution in [2.24, 2.45) is 0 Å². The summed E-state index contributed by atoms with van der Waals surface area (Å²) >= 11 is 0. The third kappa shape index (κ3) is 2.91. The van der Waals surface area contributed by atoms with Crippen LogP contribution in [-0.2, 0) is 10.0 Å². The van der Waals surface area contributed by atoms with Crippen LogP contribution in [0.1, 0.15) is 17.2 Å². The first-order valence-corrected chi connectivity index (χ1v) is 8.89. The number of rotatable bonds is 4. The van der Waals surface area contributed by atoms with Crippen molar-refractivity contribution in [2.45, 2.75) is 11.0 Å². The average Bonchev–Trinajstić information content (AvgIpc) is 2.60. The van der Waals surface area contributed by atoms with Gasteiger partial charge in [-0.2, -0.15) is 0 Å². The first-order valence-electron chi connectivity index (χ1n) is 7.45. The number of sulfonamides is 1. The van der Waals surface area contributed by atoms with Crippen LogP contribution in [-0.4, -0.2) is 36.9 Å². The molecule has 0 bridgehead atoms. The zero-order valence-electron chi connectivity index (χ0n) is 13.4. The van der Waals surface area contributed by atoms with Crippen molar-refractivity contribution < 1.29 is 13.5 Å². The van der Waals surface area contributed by atoms with Crippen LogP contribution in [0.3, 0.4) is 0 Å². The van der Waals surface area contributed by atoms with E-state index in [0.717, 1.165) is 15.2 Å². The minimum absolute atomic E-state index is 0.0932. The van der Waals surface area contributed by atoms with E-state index in [1.165, 1.54) is 20.2 Å². The molecule has 1 unspecified atom stereocenters. The van der Waals surface area contributed by atoms with E-state index in [-0.39, 0.29) is 4.90 Å². The van der Waals surface area contributed by atoms with Crippen LogP contribution in [0.15, 0.2) is 65.7 Å². The molecule has 0 radical (unpaired) electrons. The van der Waals surface area contributed by atoms with E-state index in [2.05, 4.69) is 4.98 Å². The molecule has 0 aliphatic rings. The minimum atomic E-state index is -3.65. The van der Waals surface area contributed by atoms with Gasteiger partial charge in [-0.3, -0.25) is 4.98 Å². The van der Waals surface area contributed by atoms with Gasteiger partial charge in [0.15, 0.2) is 0 Å². The first-order chi connectivity index (χ1) is 11.4. The summed E-state index contributed by atoms with van der Waals surface area (Å²) in [6, 6.07) is 15.9. The van der Waals surface area contributed by atoms with Gasteiger partial charge in [0.1, 0.15) is 6.10 Å². The Bertz CT molecular complexity index is 984. The lowest BCUT2D eigenvalue weighted by atomic mass is 10.0. The highest BCUT2D eigenvalue weighted by atomic mass is 32.2. The molecule has 6 heteroatoms. The van der Waals surface area contributed by atoms with Crippen LogP contribution < -0.4 is 0 Å². The fourth-order valence-corrected chi connectivity index (χ4v) is 3.68. The second-order valence-corrected chi connectivity index (χ2v) is 7.81. The van der Waals surface area contributed by atoms with Crippen LogP contribution in [0.5, 0.6) is 0 Å². The summed E-state index contributed by atoms with van der Waals surface area (Å²) in [6.45, 7) is 0. The van der Waals surface area contributed by atoms with E-state index >= 15 is 0 Å². The number of hydrogen-bond acceptors (Lipinski definition) is 4. The predicted molar refractivity (Wildman–Crippen MR) is 93.1 cm³/mol. The van der Waals surface area contributed by atoms with Gasteiger partial charge >= 0.3 is 0 Å². The van der Waals surface area contributed by atoms with Gasteiger partial charge in [-0.25, -0.2) is 12.7 Å². The smallest absolute Gasteiger partial charge is 0.242 e. The second-order valence-electron chi connectivity index (χ2n) is 5.69. The second kappa shape index (κ2) is 6.32. The Kier molecular flexibility index (Phi) is 4.36. The summed E-state index contributed by atoms with van der Waals surface area (Å²) in [4.78, 5) is 4.43. The Hall–Kier alpha value is -2.28. The van der Waals surface area contributed by atoms with Gasteiger partial charge in [0.2, 0.25) is 10.0 Å². The van der Waals surface area contributed by atoms with Crippen LogP contribution in [0.25, 0.3) is 10.9 Å². The van der Waals surface area contributed by atoms with E-state index < -0.39 is 16.1 Å². The molecule has 2 aromatic carbocycles. The molecule has 0 saturated heterocycles. The van der Waals surface area contributed by atoms with E-state index in [9.17, 15) is 13.5 Å². The fourth-order valence-electron chi connectivity index (χ4n) is 2.56. The number of aromatic nitrogens is 1. The number of benzene rings is 2. The zero-order chi connectivity index (χ0) is 17.3. The highest BCUT2D eigenvalue weighted by Crippen LogP contribution is 2.29. The lowest BCUT2D eigenvalue weighted by Crippen LogP contribution is -2.24. The summed E-state index contributed by atoms with van der Waals surface area (Å²) in [5.41, 5.74) is 1.71. The van der Waals surface area contributed by atoms with E-state index in [4.69, 9.17) is 0 Å². The van der Waals surface area contributed by atoms with E-state index in [0.29, 0.717) is 11.1 Å². The topological polar surface area (TPSA) is 70.5 Å². The third-order valence-corrected chi connectivity index (χ3v) is 5.79. The van der Waals surface area contributed by atoms with Crippen molar-refractivity contribution in [3.63, 3.8) is 0 Å². The van der Waals surface area contributed by atoms with Crippen LogP contribution >= 0.6 is 0 Å². The van der Waals surface area contributed by atoms with Gasteiger partial charge in [0.25, 0.3) is 0 Å². The largest absolute Gasteiger partial charge is 0.384 e. The molecule has 24 heavy (non-hydrogen) atoms. The number of aliphatic hydroxyl groups is 1. The molecule has 5 nitrogen and oxygen atoms in total. The molecule has 3 aromatic rings. The minimum Gasteiger partial charge on any atom is -0.384 e. The number of para-hydroxylation sites is 1. The Morgan fingerprint density at radius 3 is 2.46 bits per heavy atom. The van der Waals surface area contributed by atoms with Gasteiger partial charge in [-0.15, -0.1) is 0 Å². The van der Waals surface area contributed by atoms with Crippen molar-refractivity contribution >= 4 is 20.9 Å². The van der Waals surface area contributed by atoms with Gasteiger partial charge in [-0.05, 0) is 18.2 Å². The maximum atomic E-state index is 12.5. The molecule has 1 N–H and O–H groups in total. The van der Waals surface area contributed by atoms with Gasteiger partial charge < -0.3 is 5.11 Å². The van der Waals surface area contributed by atoms with Crippen molar-refractivity contribution in [1.82, 2.24) is 9.29 Å². The Morgan fingerprint density at radius 2 is 1.71 bits per heavy atom. The normalized spacial score (nSPS) is 13.3. The molecule has 3 rings (SSSR count). The molecule has 0 aliphatic carbocycles. The summed E-state index contributed by atoms with van der Waals surface area (Å²) in [6.07, 6.45) is 0.500. The van der Waals surface area contributed by atoms with Gasteiger partial charge in [0.05, 0.1) is 10.4 Å². The summed E-state index contributed by atoms with van der Waals surface area (Å²) in [7, 11) is -0.713. The summed E-state index contributed by atoms with van der Waals surface area (Å²) in [5.74, 6) is 0. The van der Waals surface area contributed by atoms with Crippen LogP contribution in [0.4, 0.5) is 0 Å². The molecule has 0 amide bonds. The first kappa shape index (κ1) is 16.6. The fraction of sp³-hybridized carbons (Fsp3) is 0.167. The summed E-state index contributed by atoms with van der Waals surface area (Å²) < 4.78 is 26.1. The lowest BCUT2D eigenvalue weighted by molar-refractivity contribution is 0.216. The monoisotopic (exact) mass is 342 g/mol. The van der Waals surface area contributed by atoms with Crippen molar-refractivity contribution in [1.29, 1.82) is 0 Å². The highest BCUT2D eigenvalue weighted by molar-refractivity contribution is 7.89. The molecular weight excluding hydrogens is 324 g/mol. The molecule has 0 spiro atoms. The van der Waals surface area contributed by atoms with Gasteiger partial charge in [-0.1, -0.05) is 36.4 Å². The standard InChI is InChI=1S/C18H18N2O3S/c1-20(2)24(22,23)17-10-6-4-8-15(17)18(21)14-11-13-7-3-5-9-16(13)19-12-14/h3-12,18,21H,1-2H3. The molecule has 0 saturated carbocycles. The number of fused-ring (bicyclic) bond motifs is 1. The SMILES string of the molecule is CN(C)S(=O)(=O)c1ccccc1C(O)c1cnc2ccccc2c1. The van der Waals surface area contributed by atoms with Gasteiger partial charge in [0, 0.05) is 36.8 Å². The Morgan fingerprint density at radius 1 is 1.04 bits per heavy atom. The lowest BCUT2D eigenvalue weighted by Gasteiger charge is -2.19. The molecule has 1 atom stereocenters. The number of hydrogen-bond donors (Lipinski definition) is 1. The zero-order valence-corrected chi connectivity index (χ0v) is 14.2. The van der Waals surface area contributed by atoms with Crippen molar-refractivity contribution in [2.75, 3.05) is 14.1 Å². The summed E-state index contributed by atoms with van der Waals surface area (Å²) in [5, 5.41) is 11.6. The third-order valence-electron chi connectivity index (χ3n) is 3.90. The van der Waals surface area contributed by atoms with Crippen LogP contribution in [0.2, 0.25) is 0 Å². The average molecular weight is 342 g/mol. The van der Waals surface area contributed by atoms with Crippen molar-refractivity contribution in [3.05, 3.63) is 71.9 Å². The van der Waals surface area contributed by atoms with E-state index in [1.807, 2.05) is 30.3 Å². The molecule has 0 fully saturated rings. The number of nitrogens with zero attached hydrogens (tertiary/aromatic N) is 2. The number of aliphatic hydroxyl groups excluding tert-OH is 1. The quantitative estimate of drug-likeness (QED) is 0.791.